The topological polar surface area (TPSA) is 34.5 Å². The van der Waals surface area contributed by atoms with E-state index in [1.807, 2.05) is 20.8 Å². The van der Waals surface area contributed by atoms with Crippen LogP contribution in [-0.4, -0.2) is 27.7 Å². The van der Waals surface area contributed by atoms with E-state index in [2.05, 4.69) is 36.0 Å². The number of ether oxygens (including phenoxy) is 1. The zero-order valence-corrected chi connectivity index (χ0v) is 13.1. The molecule has 0 unspecified atom stereocenters. The molecule has 3 rings (SSSR count). The van der Waals surface area contributed by atoms with Crippen molar-refractivity contribution in [2.45, 2.75) is 39.3 Å². The standard InChI is InChI=1S/C17H22N2O2/c1-17(2,3)21-16(20)19-9-8-12-6-5-7-14-15(12)13(11-19)10-18(14)4/h5-7,10H,8-9,11H2,1-4H3. The first-order valence-electron chi connectivity index (χ1n) is 7.39. The third-order valence-corrected chi connectivity index (χ3v) is 3.84. The maximum Gasteiger partial charge on any atom is 0.410 e. The van der Waals surface area contributed by atoms with Gasteiger partial charge in [-0.15, -0.1) is 0 Å². The van der Waals surface area contributed by atoms with Crippen molar-refractivity contribution in [1.29, 1.82) is 0 Å². The molecule has 2 aromatic rings. The number of carbonyl (C=O) groups excluding carboxylic acids is 1. The van der Waals surface area contributed by atoms with Gasteiger partial charge in [-0.1, -0.05) is 12.1 Å². The molecule has 1 aromatic heterocycles. The normalized spacial score (nSPS) is 15.1. The van der Waals surface area contributed by atoms with E-state index in [0.717, 1.165) is 6.42 Å². The van der Waals surface area contributed by atoms with Crippen molar-refractivity contribution >= 4 is 17.0 Å². The Labute approximate surface area is 125 Å². The van der Waals surface area contributed by atoms with Gasteiger partial charge < -0.3 is 14.2 Å². The van der Waals surface area contributed by atoms with E-state index in [4.69, 9.17) is 4.74 Å². The monoisotopic (exact) mass is 286 g/mol. The van der Waals surface area contributed by atoms with Crippen LogP contribution in [0, 0.1) is 0 Å². The Morgan fingerprint density at radius 3 is 2.71 bits per heavy atom. The van der Waals surface area contributed by atoms with Crippen molar-refractivity contribution in [3.05, 3.63) is 35.5 Å². The molecule has 1 aromatic carbocycles. The summed E-state index contributed by atoms with van der Waals surface area (Å²) in [4.78, 5) is 14.1. The van der Waals surface area contributed by atoms with Crippen LogP contribution in [-0.2, 0) is 24.8 Å². The highest BCUT2D eigenvalue weighted by atomic mass is 16.6. The first-order valence-corrected chi connectivity index (χ1v) is 7.39. The number of benzene rings is 1. The highest BCUT2D eigenvalue weighted by Crippen LogP contribution is 2.29. The van der Waals surface area contributed by atoms with E-state index < -0.39 is 5.60 Å². The van der Waals surface area contributed by atoms with Crippen LogP contribution in [0.25, 0.3) is 10.9 Å². The summed E-state index contributed by atoms with van der Waals surface area (Å²) in [5.74, 6) is 0. The van der Waals surface area contributed by atoms with E-state index in [0.29, 0.717) is 13.1 Å². The largest absolute Gasteiger partial charge is 0.444 e. The molecule has 1 aliphatic rings. The Balaban J connectivity index is 1.94. The second-order valence-electron chi connectivity index (χ2n) is 6.73. The molecule has 4 nitrogen and oxygen atoms in total. The molecular formula is C17H22N2O2. The molecule has 0 saturated heterocycles. The fraction of sp³-hybridized carbons (Fsp3) is 0.471. The van der Waals surface area contributed by atoms with Gasteiger partial charge >= 0.3 is 6.09 Å². The van der Waals surface area contributed by atoms with Crippen molar-refractivity contribution in [3.8, 4) is 0 Å². The lowest BCUT2D eigenvalue weighted by Crippen LogP contribution is -2.37. The summed E-state index contributed by atoms with van der Waals surface area (Å²) in [5, 5.41) is 1.30. The molecule has 4 heteroatoms. The minimum atomic E-state index is -0.456. The molecule has 0 fully saturated rings. The van der Waals surface area contributed by atoms with Crippen LogP contribution in [0.1, 0.15) is 31.9 Å². The summed E-state index contributed by atoms with van der Waals surface area (Å²) in [5.41, 5.74) is 3.29. The zero-order chi connectivity index (χ0) is 15.2. The minimum Gasteiger partial charge on any atom is -0.444 e. The van der Waals surface area contributed by atoms with Gasteiger partial charge in [0.1, 0.15) is 5.60 Å². The van der Waals surface area contributed by atoms with Gasteiger partial charge in [0.15, 0.2) is 0 Å². The Bertz CT molecular complexity index is 695. The lowest BCUT2D eigenvalue weighted by Gasteiger charge is -2.26. The molecule has 0 saturated carbocycles. The van der Waals surface area contributed by atoms with Crippen molar-refractivity contribution < 1.29 is 9.53 Å². The van der Waals surface area contributed by atoms with Crippen LogP contribution >= 0.6 is 0 Å². The number of amides is 1. The second kappa shape index (κ2) is 4.79. The molecule has 0 N–H and O–H groups in total. The van der Waals surface area contributed by atoms with E-state index in [9.17, 15) is 4.79 Å². The number of carbonyl (C=O) groups is 1. The van der Waals surface area contributed by atoms with E-state index >= 15 is 0 Å². The third-order valence-electron chi connectivity index (χ3n) is 3.84. The minimum absolute atomic E-state index is 0.229. The average Bonchev–Trinajstić information content (AvgIpc) is 2.59. The fourth-order valence-corrected chi connectivity index (χ4v) is 2.97. The Kier molecular flexibility index (Phi) is 3.19. The molecule has 112 valence electrons. The van der Waals surface area contributed by atoms with Crippen molar-refractivity contribution in [1.82, 2.24) is 9.47 Å². The number of hydrogen-bond donors (Lipinski definition) is 0. The average molecular weight is 286 g/mol. The predicted molar refractivity (Wildman–Crippen MR) is 83.3 cm³/mol. The summed E-state index contributed by atoms with van der Waals surface area (Å²) in [6.45, 7) is 7.02. The van der Waals surface area contributed by atoms with Gasteiger partial charge in [0, 0.05) is 30.7 Å². The van der Waals surface area contributed by atoms with Gasteiger partial charge in [0.2, 0.25) is 0 Å². The highest BCUT2D eigenvalue weighted by molar-refractivity contribution is 5.88. The molecule has 0 atom stereocenters. The molecule has 21 heavy (non-hydrogen) atoms. The Morgan fingerprint density at radius 2 is 2.00 bits per heavy atom. The van der Waals surface area contributed by atoms with Crippen LogP contribution in [0.5, 0.6) is 0 Å². The molecular weight excluding hydrogens is 264 g/mol. The molecule has 2 heterocycles. The van der Waals surface area contributed by atoms with E-state index in [-0.39, 0.29) is 6.09 Å². The number of aryl methyl sites for hydroxylation is 1. The Hall–Kier alpha value is -1.97. The first-order chi connectivity index (χ1) is 9.85. The van der Waals surface area contributed by atoms with E-state index in [1.165, 1.54) is 22.0 Å². The number of hydrogen-bond acceptors (Lipinski definition) is 2. The van der Waals surface area contributed by atoms with E-state index in [1.54, 1.807) is 4.90 Å². The molecule has 0 spiro atoms. The van der Waals surface area contributed by atoms with Crippen LogP contribution in [0.2, 0.25) is 0 Å². The van der Waals surface area contributed by atoms with Crippen molar-refractivity contribution in [3.63, 3.8) is 0 Å². The summed E-state index contributed by atoms with van der Waals surface area (Å²) < 4.78 is 7.65. The van der Waals surface area contributed by atoms with Crippen molar-refractivity contribution in [2.24, 2.45) is 7.05 Å². The van der Waals surface area contributed by atoms with Crippen LogP contribution in [0.3, 0.4) is 0 Å². The smallest absolute Gasteiger partial charge is 0.410 e. The zero-order valence-electron chi connectivity index (χ0n) is 13.1. The van der Waals surface area contributed by atoms with Gasteiger partial charge in [-0.25, -0.2) is 4.79 Å². The SMILES string of the molecule is Cn1cc2c3c(cccc31)CCN(C(=O)OC(C)(C)C)C2. The first kappa shape index (κ1) is 14.0. The highest BCUT2D eigenvalue weighted by Gasteiger charge is 2.26. The maximum atomic E-state index is 12.3. The van der Waals surface area contributed by atoms with Gasteiger partial charge in [-0.3, -0.25) is 0 Å². The maximum absolute atomic E-state index is 12.3. The van der Waals surface area contributed by atoms with Crippen LogP contribution < -0.4 is 0 Å². The van der Waals surface area contributed by atoms with Crippen LogP contribution in [0.4, 0.5) is 4.79 Å². The van der Waals surface area contributed by atoms with Gasteiger partial charge in [0.05, 0.1) is 6.54 Å². The lowest BCUT2D eigenvalue weighted by molar-refractivity contribution is 0.0239. The Morgan fingerprint density at radius 1 is 1.24 bits per heavy atom. The number of aromatic nitrogens is 1. The summed E-state index contributed by atoms with van der Waals surface area (Å²) >= 11 is 0. The summed E-state index contributed by atoms with van der Waals surface area (Å²) in [7, 11) is 2.05. The van der Waals surface area contributed by atoms with Crippen LogP contribution in [0.15, 0.2) is 24.4 Å². The number of rotatable bonds is 0. The van der Waals surface area contributed by atoms with Gasteiger partial charge in [-0.2, -0.15) is 0 Å². The molecule has 0 aliphatic carbocycles. The third kappa shape index (κ3) is 2.62. The second-order valence-corrected chi connectivity index (χ2v) is 6.73. The molecule has 1 amide bonds. The number of nitrogens with zero attached hydrogens (tertiary/aromatic N) is 2. The predicted octanol–water partition coefficient (Wildman–Crippen LogP) is 3.47. The fourth-order valence-electron chi connectivity index (χ4n) is 2.97. The summed E-state index contributed by atoms with van der Waals surface area (Å²) in [6.07, 6.45) is 2.76. The van der Waals surface area contributed by atoms with Crippen molar-refractivity contribution in [2.75, 3.05) is 6.54 Å². The lowest BCUT2D eigenvalue weighted by atomic mass is 10.1. The quantitative estimate of drug-likeness (QED) is 0.743. The van der Waals surface area contributed by atoms with Gasteiger partial charge in [0.25, 0.3) is 0 Å². The molecule has 0 radical (unpaired) electrons. The summed E-state index contributed by atoms with van der Waals surface area (Å²) in [6, 6.07) is 6.38. The molecule has 1 aliphatic heterocycles. The van der Waals surface area contributed by atoms with Gasteiger partial charge in [-0.05, 0) is 44.4 Å². The molecule has 0 bridgehead atoms.